The van der Waals surface area contributed by atoms with Gasteiger partial charge in [-0.1, -0.05) is 12.1 Å². The van der Waals surface area contributed by atoms with Gasteiger partial charge in [0.2, 0.25) is 0 Å². The lowest BCUT2D eigenvalue weighted by atomic mass is 10.1. The van der Waals surface area contributed by atoms with Gasteiger partial charge in [-0.2, -0.15) is 9.61 Å². The van der Waals surface area contributed by atoms with E-state index in [1.165, 1.54) is 12.1 Å². The van der Waals surface area contributed by atoms with Crippen molar-refractivity contribution in [3.63, 3.8) is 0 Å². The summed E-state index contributed by atoms with van der Waals surface area (Å²) in [4.78, 5) is 6.25. The predicted molar refractivity (Wildman–Crippen MR) is 103 cm³/mol. The van der Waals surface area contributed by atoms with Crippen molar-refractivity contribution in [1.82, 2.24) is 14.6 Å². The van der Waals surface area contributed by atoms with Crippen LogP contribution in [-0.2, 0) is 4.74 Å². The van der Waals surface area contributed by atoms with Crippen LogP contribution in [0.3, 0.4) is 0 Å². The summed E-state index contributed by atoms with van der Waals surface area (Å²) in [5.41, 5.74) is 4.46. The Bertz CT molecular complexity index is 932. The highest BCUT2D eigenvalue weighted by molar-refractivity contribution is 5.80. The highest BCUT2D eigenvalue weighted by Gasteiger charge is 2.17. The van der Waals surface area contributed by atoms with Crippen LogP contribution < -0.4 is 10.2 Å². The third-order valence-electron chi connectivity index (χ3n) is 5.01. The molecule has 1 aliphatic heterocycles. The van der Waals surface area contributed by atoms with Crippen molar-refractivity contribution in [1.29, 1.82) is 0 Å². The van der Waals surface area contributed by atoms with E-state index in [0.717, 1.165) is 73.4 Å². The van der Waals surface area contributed by atoms with Crippen LogP contribution in [0.2, 0.25) is 0 Å². The van der Waals surface area contributed by atoms with Crippen molar-refractivity contribution < 1.29 is 14.0 Å². The molecular weight excluding hydrogens is 345 g/mol. The first kappa shape index (κ1) is 17.9. The number of halogens is 1. The Hall–Kier alpha value is -2.51. The number of morpholine rings is 1. The Balaban J connectivity index is 1.62. The molecule has 2 N–H and O–H groups in total. The minimum atomic E-state index is -0.245. The third-order valence-corrected chi connectivity index (χ3v) is 5.01. The molecule has 0 amide bonds. The van der Waals surface area contributed by atoms with E-state index in [9.17, 15) is 4.39 Å². The normalized spacial score (nSPS) is 15.4. The van der Waals surface area contributed by atoms with E-state index in [0.29, 0.717) is 0 Å². The molecule has 0 aliphatic carbocycles. The molecule has 7 heteroatoms. The number of anilines is 1. The van der Waals surface area contributed by atoms with Crippen LogP contribution in [-0.4, -0.2) is 54.0 Å². The van der Waals surface area contributed by atoms with Gasteiger partial charge in [0.1, 0.15) is 24.7 Å². The first-order valence-electron chi connectivity index (χ1n) is 9.40. The van der Waals surface area contributed by atoms with Crippen molar-refractivity contribution in [2.24, 2.45) is 0 Å². The number of nitrogens with one attached hydrogen (secondary N) is 2. The third kappa shape index (κ3) is 3.79. The van der Waals surface area contributed by atoms with Crippen LogP contribution in [0.1, 0.15) is 11.4 Å². The first-order valence-corrected chi connectivity index (χ1v) is 9.40. The highest BCUT2D eigenvalue weighted by Crippen LogP contribution is 2.29. The van der Waals surface area contributed by atoms with Gasteiger partial charge >= 0.3 is 0 Å². The van der Waals surface area contributed by atoms with Gasteiger partial charge in [-0.3, -0.25) is 0 Å². The van der Waals surface area contributed by atoms with E-state index in [2.05, 4.69) is 10.4 Å². The SMILES string of the molecule is Cc1cc(NCC[NH+]2CCOCC2)n2nc(C)c(-c3ccc(F)cc3)c2n1. The summed E-state index contributed by atoms with van der Waals surface area (Å²) in [6.07, 6.45) is 0. The summed E-state index contributed by atoms with van der Waals surface area (Å²) in [5.74, 6) is 0.687. The lowest BCUT2D eigenvalue weighted by Gasteiger charge is -2.23. The molecule has 0 radical (unpaired) electrons. The second-order valence-electron chi connectivity index (χ2n) is 7.02. The first-order chi connectivity index (χ1) is 13.1. The number of hydrogen-bond donors (Lipinski definition) is 2. The molecule has 4 rings (SSSR count). The highest BCUT2D eigenvalue weighted by atomic mass is 19.1. The van der Waals surface area contributed by atoms with Crippen LogP contribution >= 0.6 is 0 Å². The molecule has 0 bridgehead atoms. The summed E-state index contributed by atoms with van der Waals surface area (Å²) < 4.78 is 20.6. The molecule has 6 nitrogen and oxygen atoms in total. The standard InChI is InChI=1S/C20H24FN5O/c1-14-13-18(22-7-8-25-9-11-27-12-10-25)26-20(23-14)19(15(2)24-26)16-3-5-17(21)6-4-16/h3-6,13,22H,7-12H2,1-2H3/p+1. The zero-order valence-electron chi connectivity index (χ0n) is 15.8. The number of aryl methyl sites for hydroxylation is 2. The topological polar surface area (TPSA) is 55.9 Å². The Morgan fingerprint density at radius 3 is 2.67 bits per heavy atom. The smallest absolute Gasteiger partial charge is 0.165 e. The van der Waals surface area contributed by atoms with Crippen molar-refractivity contribution in [3.05, 3.63) is 47.5 Å². The average Bonchev–Trinajstić information content (AvgIpc) is 2.99. The van der Waals surface area contributed by atoms with Crippen LogP contribution in [0.4, 0.5) is 10.2 Å². The molecule has 1 fully saturated rings. The van der Waals surface area contributed by atoms with Gasteiger partial charge in [0, 0.05) is 17.3 Å². The fourth-order valence-corrected chi connectivity index (χ4v) is 3.60. The quantitative estimate of drug-likeness (QED) is 0.714. The van der Waals surface area contributed by atoms with Crippen molar-refractivity contribution in [2.45, 2.75) is 13.8 Å². The number of ether oxygens (including phenoxy) is 1. The zero-order valence-corrected chi connectivity index (χ0v) is 15.8. The van der Waals surface area contributed by atoms with Gasteiger partial charge in [0.15, 0.2) is 5.65 Å². The summed E-state index contributed by atoms with van der Waals surface area (Å²) in [5, 5.41) is 8.21. The summed E-state index contributed by atoms with van der Waals surface area (Å²) >= 11 is 0. The molecule has 3 aromatic rings. The molecule has 2 aromatic heterocycles. The number of rotatable bonds is 5. The van der Waals surface area contributed by atoms with Crippen molar-refractivity contribution in [2.75, 3.05) is 44.7 Å². The van der Waals surface area contributed by atoms with Gasteiger partial charge in [-0.05, 0) is 31.5 Å². The molecule has 3 heterocycles. The molecule has 1 aromatic carbocycles. The number of fused-ring (bicyclic) bond motifs is 1. The maximum absolute atomic E-state index is 13.3. The second kappa shape index (κ2) is 7.62. The molecule has 142 valence electrons. The van der Waals surface area contributed by atoms with Crippen molar-refractivity contribution >= 4 is 11.5 Å². The monoisotopic (exact) mass is 370 g/mol. The average molecular weight is 370 g/mol. The van der Waals surface area contributed by atoms with Crippen molar-refractivity contribution in [3.8, 4) is 11.1 Å². The van der Waals surface area contributed by atoms with Gasteiger partial charge in [-0.25, -0.2) is 9.37 Å². The predicted octanol–water partition coefficient (Wildman–Crippen LogP) is 1.48. The minimum Gasteiger partial charge on any atom is -0.370 e. The van der Waals surface area contributed by atoms with E-state index in [1.54, 1.807) is 17.0 Å². The van der Waals surface area contributed by atoms with Crippen LogP contribution in [0, 0.1) is 19.7 Å². The van der Waals surface area contributed by atoms with Crippen LogP contribution in [0.5, 0.6) is 0 Å². The Morgan fingerprint density at radius 2 is 1.93 bits per heavy atom. The Labute approximate surface area is 158 Å². The molecule has 27 heavy (non-hydrogen) atoms. The lowest BCUT2D eigenvalue weighted by molar-refractivity contribution is -0.906. The number of nitrogens with zero attached hydrogens (tertiary/aromatic N) is 3. The van der Waals surface area contributed by atoms with Crippen LogP contribution in [0.25, 0.3) is 16.8 Å². The zero-order chi connectivity index (χ0) is 18.8. The molecule has 1 saturated heterocycles. The largest absolute Gasteiger partial charge is 0.370 e. The number of benzene rings is 1. The van der Waals surface area contributed by atoms with E-state index in [1.807, 2.05) is 24.4 Å². The second-order valence-corrected chi connectivity index (χ2v) is 7.02. The Kier molecular flexibility index (Phi) is 5.05. The maximum atomic E-state index is 13.3. The molecule has 1 aliphatic rings. The van der Waals surface area contributed by atoms with E-state index in [4.69, 9.17) is 9.72 Å². The van der Waals surface area contributed by atoms with E-state index < -0.39 is 0 Å². The number of aromatic nitrogens is 3. The molecular formula is C20H25FN5O+. The van der Waals surface area contributed by atoms with Gasteiger partial charge in [0.25, 0.3) is 0 Å². The number of quaternary nitrogens is 1. The minimum absolute atomic E-state index is 0.245. The lowest BCUT2D eigenvalue weighted by Crippen LogP contribution is -3.14. The summed E-state index contributed by atoms with van der Waals surface area (Å²) in [6.45, 7) is 9.64. The van der Waals surface area contributed by atoms with Gasteiger partial charge in [-0.15, -0.1) is 0 Å². The maximum Gasteiger partial charge on any atom is 0.165 e. The van der Waals surface area contributed by atoms with E-state index >= 15 is 0 Å². The fourth-order valence-electron chi connectivity index (χ4n) is 3.60. The van der Waals surface area contributed by atoms with Gasteiger partial charge in [0.05, 0.1) is 32.0 Å². The van der Waals surface area contributed by atoms with Gasteiger partial charge < -0.3 is 15.0 Å². The Morgan fingerprint density at radius 1 is 1.19 bits per heavy atom. The summed E-state index contributed by atoms with van der Waals surface area (Å²) in [6, 6.07) is 8.51. The number of hydrogen-bond acceptors (Lipinski definition) is 4. The van der Waals surface area contributed by atoms with E-state index in [-0.39, 0.29) is 5.82 Å². The molecule has 0 unspecified atom stereocenters. The molecule has 0 saturated carbocycles. The fraction of sp³-hybridized carbons (Fsp3) is 0.400. The molecule has 0 atom stereocenters. The molecule has 0 spiro atoms. The summed E-state index contributed by atoms with van der Waals surface area (Å²) in [7, 11) is 0. The van der Waals surface area contributed by atoms with Crippen LogP contribution in [0.15, 0.2) is 30.3 Å².